The Balaban J connectivity index is 1.33. The molecule has 1 saturated carbocycles. The first kappa shape index (κ1) is 22.1. The first-order chi connectivity index (χ1) is 15.9. The summed E-state index contributed by atoms with van der Waals surface area (Å²) in [6.07, 6.45) is 7.61. The lowest BCUT2D eigenvalue weighted by molar-refractivity contribution is -0.120. The van der Waals surface area contributed by atoms with Crippen molar-refractivity contribution < 1.29 is 22.7 Å². The number of amides is 1. The Kier molecular flexibility index (Phi) is 5.96. The fourth-order valence-corrected chi connectivity index (χ4v) is 7.14. The molecule has 2 N–H and O–H groups in total. The molecule has 174 valence electrons. The van der Waals surface area contributed by atoms with Crippen LogP contribution in [0.1, 0.15) is 59.3 Å². The van der Waals surface area contributed by atoms with Crippen LogP contribution < -0.4 is 10.6 Å². The second-order valence-corrected chi connectivity index (χ2v) is 11.3. The van der Waals surface area contributed by atoms with Crippen molar-refractivity contribution in [2.24, 2.45) is 10.3 Å². The molecule has 1 aromatic heterocycles. The van der Waals surface area contributed by atoms with Crippen LogP contribution in [0.5, 0.6) is 0 Å². The van der Waals surface area contributed by atoms with Crippen LogP contribution in [0.3, 0.4) is 0 Å². The number of nitrogens with one attached hydrogen (secondary N) is 2. The molecule has 10 heteroatoms. The number of carbonyl (C=O) groups excluding carboxylic acids is 2. The summed E-state index contributed by atoms with van der Waals surface area (Å²) in [5.41, 5.74) is 1.73. The number of rotatable bonds is 5. The Morgan fingerprint density at radius 3 is 2.73 bits per heavy atom. The van der Waals surface area contributed by atoms with E-state index in [1.54, 1.807) is 18.2 Å². The number of carbonyl (C=O) groups is 2. The summed E-state index contributed by atoms with van der Waals surface area (Å²) in [5.74, 6) is -0.592. The highest BCUT2D eigenvalue weighted by atomic mass is 32.2. The van der Waals surface area contributed by atoms with Crippen LogP contribution in [0.25, 0.3) is 0 Å². The Bertz CT molecular complexity index is 1240. The van der Waals surface area contributed by atoms with Gasteiger partial charge in [-0.05, 0) is 49.8 Å². The van der Waals surface area contributed by atoms with Crippen LogP contribution in [0.2, 0.25) is 0 Å². The third kappa shape index (κ3) is 4.41. The van der Waals surface area contributed by atoms with Gasteiger partial charge in [-0.2, -0.15) is 8.42 Å². The van der Waals surface area contributed by atoms with Crippen LogP contribution in [0.4, 0.5) is 10.7 Å². The van der Waals surface area contributed by atoms with E-state index < -0.39 is 16.0 Å². The molecule has 2 heterocycles. The second-order valence-electron chi connectivity index (χ2n) is 8.60. The molecule has 0 spiro atoms. The number of benzene rings is 1. The number of thiophene rings is 1. The minimum Gasteiger partial charge on any atom is -0.454 e. The van der Waals surface area contributed by atoms with Gasteiger partial charge in [-0.3, -0.25) is 4.79 Å². The summed E-state index contributed by atoms with van der Waals surface area (Å²) in [7, 11) is -3.86. The molecule has 8 nitrogen and oxygen atoms in total. The minimum atomic E-state index is -3.86. The third-order valence-corrected chi connectivity index (χ3v) is 8.93. The lowest BCUT2D eigenvalue weighted by atomic mass is 9.89. The van der Waals surface area contributed by atoms with Gasteiger partial charge in [-0.25, -0.2) is 4.79 Å². The normalized spacial score (nSPS) is 19.1. The number of anilines is 2. The van der Waals surface area contributed by atoms with Crippen LogP contribution >= 0.6 is 11.3 Å². The Labute approximate surface area is 196 Å². The van der Waals surface area contributed by atoms with Crippen LogP contribution in [-0.2, 0) is 32.4 Å². The van der Waals surface area contributed by atoms with Gasteiger partial charge < -0.3 is 15.4 Å². The number of hydrogen-bond donors (Lipinski definition) is 2. The molecule has 0 unspecified atom stereocenters. The molecule has 0 radical (unpaired) electrons. The molecule has 5 rings (SSSR count). The summed E-state index contributed by atoms with van der Waals surface area (Å²) in [6, 6.07) is 6.44. The van der Waals surface area contributed by atoms with E-state index in [-0.39, 0.29) is 29.2 Å². The van der Waals surface area contributed by atoms with Gasteiger partial charge in [-0.15, -0.1) is 15.7 Å². The smallest absolute Gasteiger partial charge is 0.341 e. The number of hydrogen-bond acceptors (Lipinski definition) is 7. The lowest BCUT2D eigenvalue weighted by Crippen LogP contribution is -2.28. The molecular formula is C23H25N3O5S2. The predicted octanol–water partition coefficient (Wildman–Crippen LogP) is 4.13. The van der Waals surface area contributed by atoms with E-state index in [9.17, 15) is 18.0 Å². The van der Waals surface area contributed by atoms with Crippen molar-refractivity contribution in [1.82, 2.24) is 0 Å². The van der Waals surface area contributed by atoms with Crippen LogP contribution in [0, 0.1) is 5.92 Å². The molecule has 0 saturated heterocycles. The Morgan fingerprint density at radius 2 is 1.91 bits per heavy atom. The highest BCUT2D eigenvalue weighted by Gasteiger charge is 2.31. The number of para-hydroxylation sites is 1. The molecule has 1 aromatic carbocycles. The van der Waals surface area contributed by atoms with E-state index in [0.29, 0.717) is 16.3 Å². The molecule has 2 aromatic rings. The van der Waals surface area contributed by atoms with Crippen molar-refractivity contribution in [1.29, 1.82) is 0 Å². The maximum Gasteiger partial charge on any atom is 0.341 e. The summed E-state index contributed by atoms with van der Waals surface area (Å²) < 4.78 is 34.1. The maximum absolute atomic E-state index is 13.1. The molecule has 1 aliphatic heterocycles. The third-order valence-electron chi connectivity index (χ3n) is 6.35. The average Bonchev–Trinajstić information content (AvgIpc) is 3.38. The summed E-state index contributed by atoms with van der Waals surface area (Å²) in [5, 5.41) is 6.45. The standard InChI is InChI=1S/C23H25N3O5S2/c27-21(14-7-2-1-3-8-14)25-22-20(15-9-6-11-17(15)32-22)23(28)31-13-19-24-16-10-4-5-12-18(16)33(29,30)26-19/h4-5,10,12,14H,1-3,6-9,11,13H2,(H,24,26)(H,25,27). The van der Waals surface area contributed by atoms with Crippen molar-refractivity contribution in [3.8, 4) is 0 Å². The number of sulfonamides is 1. The second kappa shape index (κ2) is 8.90. The molecule has 1 amide bonds. The van der Waals surface area contributed by atoms with Gasteiger partial charge in [0.2, 0.25) is 5.91 Å². The summed E-state index contributed by atoms with van der Waals surface area (Å²) >= 11 is 1.45. The van der Waals surface area contributed by atoms with E-state index in [2.05, 4.69) is 15.0 Å². The number of aryl methyl sites for hydroxylation is 1. The highest BCUT2D eigenvalue weighted by Crippen LogP contribution is 2.40. The topological polar surface area (TPSA) is 114 Å². The van der Waals surface area contributed by atoms with Gasteiger partial charge in [0.1, 0.15) is 9.90 Å². The predicted molar refractivity (Wildman–Crippen MR) is 127 cm³/mol. The van der Waals surface area contributed by atoms with Gasteiger partial charge in [0, 0.05) is 10.8 Å². The molecule has 1 fully saturated rings. The maximum atomic E-state index is 13.1. The van der Waals surface area contributed by atoms with Gasteiger partial charge in [0.05, 0.1) is 11.3 Å². The van der Waals surface area contributed by atoms with E-state index in [4.69, 9.17) is 4.74 Å². The SMILES string of the molecule is O=C(OCC1=NS(=O)(=O)c2ccccc2N1)c1c(NC(=O)C2CCCCC2)sc2c1CCC2. The van der Waals surface area contributed by atoms with Crippen LogP contribution in [-0.4, -0.2) is 32.7 Å². The molecule has 2 aliphatic carbocycles. The summed E-state index contributed by atoms with van der Waals surface area (Å²) in [4.78, 5) is 27.1. The molecule has 3 aliphatic rings. The molecule has 33 heavy (non-hydrogen) atoms. The van der Waals surface area contributed by atoms with E-state index in [1.807, 2.05) is 0 Å². The van der Waals surface area contributed by atoms with Crippen molar-refractivity contribution in [2.45, 2.75) is 56.3 Å². The van der Waals surface area contributed by atoms with Gasteiger partial charge in [0.15, 0.2) is 12.4 Å². The lowest BCUT2D eigenvalue weighted by Gasteiger charge is -2.21. The first-order valence-corrected chi connectivity index (χ1v) is 13.5. The number of amidine groups is 1. The van der Waals surface area contributed by atoms with Crippen molar-refractivity contribution in [2.75, 3.05) is 17.2 Å². The van der Waals surface area contributed by atoms with Crippen LogP contribution in [0.15, 0.2) is 33.6 Å². The van der Waals surface area contributed by atoms with Gasteiger partial charge in [0.25, 0.3) is 10.0 Å². The van der Waals surface area contributed by atoms with E-state index in [0.717, 1.165) is 61.8 Å². The fourth-order valence-electron chi connectivity index (χ4n) is 4.72. The number of nitrogens with zero attached hydrogens (tertiary/aromatic N) is 1. The highest BCUT2D eigenvalue weighted by molar-refractivity contribution is 7.90. The monoisotopic (exact) mass is 487 g/mol. The summed E-state index contributed by atoms with van der Waals surface area (Å²) in [6.45, 7) is -0.312. The van der Waals surface area contributed by atoms with Crippen molar-refractivity contribution in [3.05, 3.63) is 40.3 Å². The Morgan fingerprint density at radius 1 is 1.12 bits per heavy atom. The van der Waals surface area contributed by atoms with E-state index in [1.165, 1.54) is 17.4 Å². The zero-order valence-electron chi connectivity index (χ0n) is 18.1. The quantitative estimate of drug-likeness (QED) is 0.613. The van der Waals surface area contributed by atoms with Gasteiger partial charge in [-0.1, -0.05) is 31.4 Å². The zero-order valence-corrected chi connectivity index (χ0v) is 19.7. The van der Waals surface area contributed by atoms with E-state index >= 15 is 0 Å². The first-order valence-electron chi connectivity index (χ1n) is 11.2. The zero-order chi connectivity index (χ0) is 23.0. The minimum absolute atomic E-state index is 0.0226. The molecular weight excluding hydrogens is 462 g/mol. The Hall–Kier alpha value is -2.72. The largest absolute Gasteiger partial charge is 0.454 e. The fraction of sp³-hybridized carbons (Fsp3) is 0.435. The van der Waals surface area contributed by atoms with Crippen molar-refractivity contribution >= 4 is 49.8 Å². The number of fused-ring (bicyclic) bond motifs is 2. The average molecular weight is 488 g/mol. The number of ether oxygens (including phenoxy) is 1. The number of esters is 1. The molecule has 0 atom stereocenters. The van der Waals surface area contributed by atoms with Gasteiger partial charge >= 0.3 is 5.97 Å². The van der Waals surface area contributed by atoms with Crippen molar-refractivity contribution in [3.63, 3.8) is 0 Å². The molecule has 0 bridgehead atoms.